The number of carbonyl (C=O) groups excluding carboxylic acids is 1. The SMILES string of the molecule is CN(C(=O)CN)c1cccc(Cl)c1.Cl. The first-order valence-electron chi connectivity index (χ1n) is 3.87. The summed E-state index contributed by atoms with van der Waals surface area (Å²) in [5, 5.41) is 0.606. The number of amides is 1. The number of likely N-dealkylation sites (N-methyl/N-ethyl adjacent to an activating group) is 1. The number of rotatable bonds is 2. The molecule has 0 saturated heterocycles. The average Bonchev–Trinajstić information content (AvgIpc) is 2.15. The minimum atomic E-state index is -0.137. The molecule has 0 spiro atoms. The summed E-state index contributed by atoms with van der Waals surface area (Å²) in [5.74, 6) is -0.137. The van der Waals surface area contributed by atoms with Gasteiger partial charge in [-0.1, -0.05) is 17.7 Å². The second-order valence-corrected chi connectivity index (χ2v) is 3.07. The molecule has 1 amide bonds. The quantitative estimate of drug-likeness (QED) is 0.847. The highest BCUT2D eigenvalue weighted by molar-refractivity contribution is 6.30. The highest BCUT2D eigenvalue weighted by Gasteiger charge is 2.07. The Hall–Kier alpha value is -0.770. The van der Waals surface area contributed by atoms with E-state index in [4.69, 9.17) is 17.3 Å². The van der Waals surface area contributed by atoms with Gasteiger partial charge in [0.2, 0.25) is 5.91 Å². The lowest BCUT2D eigenvalue weighted by Crippen LogP contribution is -2.32. The van der Waals surface area contributed by atoms with Crippen molar-refractivity contribution in [1.82, 2.24) is 0 Å². The first-order valence-corrected chi connectivity index (χ1v) is 4.25. The van der Waals surface area contributed by atoms with Crippen LogP contribution in [0.15, 0.2) is 24.3 Å². The molecule has 0 unspecified atom stereocenters. The third-order valence-corrected chi connectivity index (χ3v) is 1.98. The van der Waals surface area contributed by atoms with Gasteiger partial charge in [-0.05, 0) is 18.2 Å². The van der Waals surface area contributed by atoms with Gasteiger partial charge in [0.15, 0.2) is 0 Å². The van der Waals surface area contributed by atoms with Gasteiger partial charge in [0.1, 0.15) is 0 Å². The van der Waals surface area contributed by atoms with E-state index in [0.717, 1.165) is 5.69 Å². The fourth-order valence-corrected chi connectivity index (χ4v) is 1.15. The standard InChI is InChI=1S/C9H11ClN2O.ClH/c1-12(9(13)6-11)8-4-2-3-7(10)5-8;/h2-5H,6,11H2,1H3;1H. The fourth-order valence-electron chi connectivity index (χ4n) is 0.966. The number of anilines is 1. The molecule has 0 aliphatic carbocycles. The molecule has 0 saturated carbocycles. The molecule has 3 nitrogen and oxygen atoms in total. The van der Waals surface area contributed by atoms with Crippen LogP contribution < -0.4 is 10.6 Å². The molecule has 1 aromatic carbocycles. The second-order valence-electron chi connectivity index (χ2n) is 2.64. The van der Waals surface area contributed by atoms with E-state index in [1.807, 2.05) is 0 Å². The Morgan fingerprint density at radius 1 is 1.57 bits per heavy atom. The summed E-state index contributed by atoms with van der Waals surface area (Å²) >= 11 is 5.77. The third-order valence-electron chi connectivity index (χ3n) is 1.74. The molecule has 0 aliphatic heterocycles. The van der Waals surface area contributed by atoms with Crippen LogP contribution in [0.4, 0.5) is 5.69 Å². The van der Waals surface area contributed by atoms with Gasteiger partial charge in [0.05, 0.1) is 6.54 Å². The van der Waals surface area contributed by atoms with Crippen molar-refractivity contribution < 1.29 is 4.79 Å². The van der Waals surface area contributed by atoms with Gasteiger partial charge in [-0.25, -0.2) is 0 Å². The molecule has 0 fully saturated rings. The van der Waals surface area contributed by atoms with Crippen LogP contribution in [0.25, 0.3) is 0 Å². The van der Waals surface area contributed by atoms with Gasteiger partial charge in [-0.2, -0.15) is 0 Å². The van der Waals surface area contributed by atoms with E-state index >= 15 is 0 Å². The molecule has 78 valence electrons. The fraction of sp³-hybridized carbons (Fsp3) is 0.222. The van der Waals surface area contributed by atoms with Crippen LogP contribution in [0, 0.1) is 0 Å². The van der Waals surface area contributed by atoms with Gasteiger partial charge in [-0.3, -0.25) is 4.79 Å². The summed E-state index contributed by atoms with van der Waals surface area (Å²) in [6.45, 7) is 0.00299. The van der Waals surface area contributed by atoms with Crippen molar-refractivity contribution in [2.75, 3.05) is 18.5 Å². The molecule has 0 radical (unpaired) electrons. The normalized spacial score (nSPS) is 9.07. The van der Waals surface area contributed by atoms with E-state index in [2.05, 4.69) is 0 Å². The number of hydrogen-bond acceptors (Lipinski definition) is 2. The summed E-state index contributed by atoms with van der Waals surface area (Å²) in [4.78, 5) is 12.7. The van der Waals surface area contributed by atoms with Crippen LogP contribution in [0.5, 0.6) is 0 Å². The molecule has 0 aromatic heterocycles. The molecule has 5 heteroatoms. The molecule has 1 rings (SSSR count). The van der Waals surface area contributed by atoms with Crippen molar-refractivity contribution in [3.63, 3.8) is 0 Å². The van der Waals surface area contributed by atoms with E-state index in [0.29, 0.717) is 5.02 Å². The minimum absolute atomic E-state index is 0. The highest BCUT2D eigenvalue weighted by atomic mass is 35.5. The molecular weight excluding hydrogens is 223 g/mol. The third kappa shape index (κ3) is 3.18. The summed E-state index contributed by atoms with van der Waals surface area (Å²) in [5.41, 5.74) is 5.98. The van der Waals surface area contributed by atoms with Crippen molar-refractivity contribution in [1.29, 1.82) is 0 Å². The Kier molecular flexibility index (Phi) is 5.53. The van der Waals surface area contributed by atoms with Crippen molar-refractivity contribution in [2.24, 2.45) is 5.73 Å². The zero-order valence-electron chi connectivity index (χ0n) is 7.74. The minimum Gasteiger partial charge on any atom is -0.322 e. The van der Waals surface area contributed by atoms with Crippen molar-refractivity contribution in [3.8, 4) is 0 Å². The molecular formula is C9H12Cl2N2O. The number of benzene rings is 1. The Morgan fingerprint density at radius 2 is 2.21 bits per heavy atom. The lowest BCUT2D eigenvalue weighted by Gasteiger charge is -2.16. The number of nitrogens with zero attached hydrogens (tertiary/aromatic N) is 1. The molecule has 2 N–H and O–H groups in total. The Labute approximate surface area is 94.2 Å². The Morgan fingerprint density at radius 3 is 2.71 bits per heavy atom. The zero-order valence-corrected chi connectivity index (χ0v) is 9.31. The molecule has 0 heterocycles. The summed E-state index contributed by atoms with van der Waals surface area (Å²) < 4.78 is 0. The van der Waals surface area contributed by atoms with Crippen molar-refractivity contribution in [3.05, 3.63) is 29.3 Å². The van der Waals surface area contributed by atoms with Gasteiger partial charge < -0.3 is 10.6 Å². The summed E-state index contributed by atoms with van der Waals surface area (Å²) in [6.07, 6.45) is 0. The maximum atomic E-state index is 11.2. The van der Waals surface area contributed by atoms with E-state index in [9.17, 15) is 4.79 Å². The first-order chi connectivity index (χ1) is 6.15. The van der Waals surface area contributed by atoms with E-state index in [1.54, 1.807) is 31.3 Å². The second kappa shape index (κ2) is 5.86. The number of nitrogens with two attached hydrogens (primary N) is 1. The van der Waals surface area contributed by atoms with Crippen LogP contribution >= 0.6 is 24.0 Å². The molecule has 0 bridgehead atoms. The smallest absolute Gasteiger partial charge is 0.240 e. The number of hydrogen-bond donors (Lipinski definition) is 1. The van der Waals surface area contributed by atoms with Crippen LogP contribution in [0.1, 0.15) is 0 Å². The highest BCUT2D eigenvalue weighted by Crippen LogP contribution is 2.17. The van der Waals surface area contributed by atoms with Crippen LogP contribution in [-0.2, 0) is 4.79 Å². The topological polar surface area (TPSA) is 46.3 Å². The molecule has 1 aromatic rings. The Bertz CT molecular complexity index is 317. The summed E-state index contributed by atoms with van der Waals surface area (Å²) in [6, 6.07) is 7.07. The molecule has 14 heavy (non-hydrogen) atoms. The average molecular weight is 235 g/mol. The lowest BCUT2D eigenvalue weighted by molar-refractivity contribution is -0.117. The van der Waals surface area contributed by atoms with Crippen molar-refractivity contribution in [2.45, 2.75) is 0 Å². The van der Waals surface area contributed by atoms with E-state index < -0.39 is 0 Å². The maximum absolute atomic E-state index is 11.2. The number of halogens is 2. The van der Waals surface area contributed by atoms with E-state index in [1.165, 1.54) is 4.90 Å². The van der Waals surface area contributed by atoms with Crippen LogP contribution in [0.2, 0.25) is 5.02 Å². The monoisotopic (exact) mass is 234 g/mol. The van der Waals surface area contributed by atoms with Gasteiger partial charge >= 0.3 is 0 Å². The molecule has 0 aliphatic rings. The van der Waals surface area contributed by atoms with Crippen molar-refractivity contribution >= 4 is 35.6 Å². The summed E-state index contributed by atoms with van der Waals surface area (Å²) in [7, 11) is 1.67. The largest absolute Gasteiger partial charge is 0.322 e. The van der Waals surface area contributed by atoms with Crippen LogP contribution in [-0.4, -0.2) is 19.5 Å². The number of carbonyl (C=O) groups is 1. The molecule has 0 atom stereocenters. The first kappa shape index (κ1) is 13.2. The Balaban J connectivity index is 0.00000169. The van der Waals surface area contributed by atoms with Gasteiger partial charge in [0.25, 0.3) is 0 Å². The lowest BCUT2D eigenvalue weighted by atomic mass is 10.3. The van der Waals surface area contributed by atoms with Crippen LogP contribution in [0.3, 0.4) is 0 Å². The predicted molar refractivity (Wildman–Crippen MR) is 61.2 cm³/mol. The van der Waals surface area contributed by atoms with Gasteiger partial charge in [-0.15, -0.1) is 12.4 Å². The zero-order chi connectivity index (χ0) is 9.84. The predicted octanol–water partition coefficient (Wildman–Crippen LogP) is 1.68. The van der Waals surface area contributed by atoms with Gasteiger partial charge in [0, 0.05) is 17.8 Å². The maximum Gasteiger partial charge on any atom is 0.240 e. The van der Waals surface area contributed by atoms with E-state index in [-0.39, 0.29) is 24.9 Å².